The highest BCUT2D eigenvalue weighted by atomic mass is 16.5. The van der Waals surface area contributed by atoms with Crippen molar-refractivity contribution in [3.63, 3.8) is 0 Å². The zero-order valence-corrected chi connectivity index (χ0v) is 17.8. The Hall–Kier alpha value is -3.22. The average molecular weight is 400 g/mol. The topological polar surface area (TPSA) is 78.8 Å². The number of anilines is 1. The summed E-state index contributed by atoms with van der Waals surface area (Å²) in [7, 11) is 3.08. The van der Waals surface area contributed by atoms with E-state index in [0.29, 0.717) is 34.9 Å². The number of nitrogens with one attached hydrogen (secondary N) is 1. The van der Waals surface area contributed by atoms with Gasteiger partial charge in [-0.25, -0.2) is 4.79 Å². The number of benzene rings is 1. The van der Waals surface area contributed by atoms with Gasteiger partial charge in [-0.05, 0) is 45.9 Å². The van der Waals surface area contributed by atoms with E-state index in [2.05, 4.69) is 5.32 Å². The Balaban J connectivity index is 2.32. The van der Waals surface area contributed by atoms with Gasteiger partial charge in [-0.15, -0.1) is 0 Å². The van der Waals surface area contributed by atoms with Gasteiger partial charge in [-0.3, -0.25) is 4.79 Å². The molecule has 1 amide bonds. The molecule has 0 aliphatic rings. The molecule has 0 fully saturated rings. The molecule has 1 aromatic carbocycles. The number of methoxy groups -OCH3 is 2. The first kappa shape index (κ1) is 22.1. The Morgan fingerprint density at radius 1 is 1.10 bits per heavy atom. The fourth-order valence-corrected chi connectivity index (χ4v) is 3.28. The van der Waals surface area contributed by atoms with Crippen molar-refractivity contribution in [1.82, 2.24) is 4.57 Å². The highest BCUT2D eigenvalue weighted by molar-refractivity contribution is 6.04. The molecular weight excluding hydrogens is 372 g/mol. The van der Waals surface area contributed by atoms with E-state index in [1.807, 2.05) is 25.3 Å². The van der Waals surface area contributed by atoms with E-state index in [1.165, 1.54) is 13.2 Å². The molecule has 1 N–H and O–H groups in total. The molecule has 1 heterocycles. The maximum atomic E-state index is 12.5. The minimum atomic E-state index is -0.391. The zero-order chi connectivity index (χ0) is 21.6. The number of nitrogens with zero attached hydrogens (tertiary/aromatic N) is 1. The molecule has 2 aromatic rings. The summed E-state index contributed by atoms with van der Waals surface area (Å²) in [5.41, 5.74) is 3.41. The van der Waals surface area contributed by atoms with Crippen LogP contribution >= 0.6 is 0 Å². The molecule has 0 atom stereocenters. The molecular formula is C22H28N2O5. The monoisotopic (exact) mass is 400 g/mol. The van der Waals surface area contributed by atoms with Crippen LogP contribution in [0.4, 0.5) is 5.69 Å². The van der Waals surface area contributed by atoms with E-state index >= 15 is 0 Å². The van der Waals surface area contributed by atoms with Crippen molar-refractivity contribution in [2.75, 3.05) is 26.1 Å². The summed E-state index contributed by atoms with van der Waals surface area (Å²) in [4.78, 5) is 24.9. The van der Waals surface area contributed by atoms with Gasteiger partial charge in [-0.2, -0.15) is 0 Å². The van der Waals surface area contributed by atoms with Crippen LogP contribution in [0.25, 0.3) is 6.08 Å². The van der Waals surface area contributed by atoms with Crippen LogP contribution in [0.3, 0.4) is 0 Å². The number of ether oxygens (including phenoxy) is 3. The highest BCUT2D eigenvalue weighted by Crippen LogP contribution is 2.29. The number of carbonyl (C=O) groups excluding carboxylic acids is 2. The van der Waals surface area contributed by atoms with E-state index in [4.69, 9.17) is 14.2 Å². The molecule has 0 aliphatic carbocycles. The van der Waals surface area contributed by atoms with Gasteiger partial charge in [0.2, 0.25) is 5.91 Å². The zero-order valence-electron chi connectivity index (χ0n) is 17.8. The van der Waals surface area contributed by atoms with Gasteiger partial charge in [0.05, 0.1) is 32.1 Å². The largest absolute Gasteiger partial charge is 0.497 e. The van der Waals surface area contributed by atoms with Crippen molar-refractivity contribution in [3.8, 4) is 11.5 Å². The quantitative estimate of drug-likeness (QED) is 0.536. The Labute approximate surface area is 171 Å². The summed E-state index contributed by atoms with van der Waals surface area (Å²) in [6.45, 7) is 8.57. The van der Waals surface area contributed by atoms with E-state index in [0.717, 1.165) is 11.4 Å². The Morgan fingerprint density at radius 3 is 2.41 bits per heavy atom. The van der Waals surface area contributed by atoms with Gasteiger partial charge >= 0.3 is 5.97 Å². The number of hydrogen-bond donors (Lipinski definition) is 1. The fourth-order valence-electron chi connectivity index (χ4n) is 3.28. The third-order valence-corrected chi connectivity index (χ3v) is 4.69. The second-order valence-corrected chi connectivity index (χ2v) is 6.31. The summed E-state index contributed by atoms with van der Waals surface area (Å²) in [6.07, 6.45) is 3.04. The van der Waals surface area contributed by atoms with Gasteiger partial charge < -0.3 is 24.1 Å². The molecule has 0 radical (unpaired) electrons. The first-order valence-electron chi connectivity index (χ1n) is 9.45. The van der Waals surface area contributed by atoms with Crippen LogP contribution in [0.15, 0.2) is 24.3 Å². The number of rotatable bonds is 8. The Morgan fingerprint density at radius 2 is 1.83 bits per heavy atom. The van der Waals surface area contributed by atoms with Crippen molar-refractivity contribution in [2.45, 2.75) is 34.2 Å². The van der Waals surface area contributed by atoms with Crippen molar-refractivity contribution < 1.29 is 23.8 Å². The lowest BCUT2D eigenvalue weighted by atomic mass is 10.1. The van der Waals surface area contributed by atoms with E-state index in [1.54, 1.807) is 38.3 Å². The summed E-state index contributed by atoms with van der Waals surface area (Å²) < 4.78 is 17.7. The van der Waals surface area contributed by atoms with Crippen LogP contribution in [0, 0.1) is 13.8 Å². The minimum absolute atomic E-state index is 0.287. The summed E-state index contributed by atoms with van der Waals surface area (Å²) in [6, 6.07) is 5.12. The predicted octanol–water partition coefficient (Wildman–Crippen LogP) is 3.97. The maximum Gasteiger partial charge on any atom is 0.340 e. The van der Waals surface area contributed by atoms with Crippen LogP contribution in [-0.2, 0) is 16.1 Å². The van der Waals surface area contributed by atoms with Crippen molar-refractivity contribution in [1.29, 1.82) is 0 Å². The van der Waals surface area contributed by atoms with Crippen LogP contribution in [0.5, 0.6) is 11.5 Å². The number of amides is 1. The first-order valence-corrected chi connectivity index (χ1v) is 9.45. The number of aromatic nitrogens is 1. The Kier molecular flexibility index (Phi) is 7.47. The van der Waals surface area contributed by atoms with Gasteiger partial charge in [0.1, 0.15) is 11.5 Å². The average Bonchev–Trinajstić information content (AvgIpc) is 2.95. The van der Waals surface area contributed by atoms with Gasteiger partial charge in [-0.1, -0.05) is 0 Å². The fraction of sp³-hybridized carbons (Fsp3) is 0.364. The first-order chi connectivity index (χ1) is 13.9. The highest BCUT2D eigenvalue weighted by Gasteiger charge is 2.22. The van der Waals surface area contributed by atoms with Crippen LogP contribution in [0.1, 0.15) is 41.2 Å². The van der Waals surface area contributed by atoms with Crippen molar-refractivity contribution in [3.05, 3.63) is 46.8 Å². The van der Waals surface area contributed by atoms with Crippen LogP contribution in [-0.4, -0.2) is 37.3 Å². The van der Waals surface area contributed by atoms with E-state index in [9.17, 15) is 9.59 Å². The third kappa shape index (κ3) is 4.80. The predicted molar refractivity (Wildman–Crippen MR) is 113 cm³/mol. The molecule has 0 saturated carbocycles. The molecule has 29 heavy (non-hydrogen) atoms. The number of carbonyl (C=O) groups is 2. The smallest absolute Gasteiger partial charge is 0.340 e. The molecule has 0 spiro atoms. The summed E-state index contributed by atoms with van der Waals surface area (Å²) in [5, 5.41) is 2.78. The van der Waals surface area contributed by atoms with Crippen LogP contribution in [0.2, 0.25) is 0 Å². The minimum Gasteiger partial charge on any atom is -0.497 e. The summed E-state index contributed by atoms with van der Waals surface area (Å²) >= 11 is 0. The van der Waals surface area contributed by atoms with Crippen molar-refractivity contribution >= 4 is 23.6 Å². The van der Waals surface area contributed by atoms with E-state index in [-0.39, 0.29) is 12.5 Å². The maximum absolute atomic E-state index is 12.5. The van der Waals surface area contributed by atoms with E-state index < -0.39 is 5.97 Å². The third-order valence-electron chi connectivity index (χ3n) is 4.69. The SMILES string of the molecule is CCOC(=O)c1c(/C=C/C(=O)Nc2ccc(OC)cc2OC)c(C)n(CC)c1C. The number of esters is 1. The number of hydrogen-bond acceptors (Lipinski definition) is 5. The molecule has 1 aromatic heterocycles. The van der Waals surface area contributed by atoms with Crippen molar-refractivity contribution in [2.24, 2.45) is 0 Å². The lowest BCUT2D eigenvalue weighted by molar-refractivity contribution is -0.111. The van der Waals surface area contributed by atoms with Gasteiger partial charge in [0.25, 0.3) is 0 Å². The molecule has 0 aliphatic heterocycles. The lowest BCUT2D eigenvalue weighted by Gasteiger charge is -2.10. The second-order valence-electron chi connectivity index (χ2n) is 6.31. The summed E-state index contributed by atoms with van der Waals surface area (Å²) in [5.74, 6) is 0.380. The lowest BCUT2D eigenvalue weighted by Crippen LogP contribution is -2.10. The second kappa shape index (κ2) is 9.82. The molecule has 0 unspecified atom stereocenters. The molecule has 156 valence electrons. The normalized spacial score (nSPS) is 10.8. The molecule has 7 heteroatoms. The molecule has 2 rings (SSSR count). The molecule has 7 nitrogen and oxygen atoms in total. The van der Waals surface area contributed by atoms with Crippen LogP contribution < -0.4 is 14.8 Å². The Bertz CT molecular complexity index is 928. The molecule has 0 bridgehead atoms. The standard InChI is InChI=1S/C22H28N2O5/c1-7-24-14(3)17(21(15(24)4)22(26)29-8-2)10-12-20(25)23-18-11-9-16(27-5)13-19(18)28-6/h9-13H,7-8H2,1-6H3,(H,23,25)/b12-10+. The van der Waals surface area contributed by atoms with Gasteiger partial charge in [0.15, 0.2) is 0 Å². The molecule has 0 saturated heterocycles. The van der Waals surface area contributed by atoms with Gasteiger partial charge in [0, 0.05) is 35.6 Å².